The van der Waals surface area contributed by atoms with Gasteiger partial charge in [0, 0.05) is 32.3 Å². The van der Waals surface area contributed by atoms with E-state index in [1.807, 2.05) is 0 Å². The van der Waals surface area contributed by atoms with Crippen LogP contribution in [0.25, 0.3) is 0 Å². The van der Waals surface area contributed by atoms with Gasteiger partial charge in [-0.25, -0.2) is 9.78 Å². The number of pyridine rings is 1. The second kappa shape index (κ2) is 5.77. The summed E-state index contributed by atoms with van der Waals surface area (Å²) in [6.45, 7) is 0.586. The second-order valence-electron chi connectivity index (χ2n) is 4.77. The summed E-state index contributed by atoms with van der Waals surface area (Å²) in [7, 11) is 3.06. The number of carbonyl (C=O) groups is 2. The van der Waals surface area contributed by atoms with Crippen LogP contribution >= 0.6 is 0 Å². The number of rotatable bonds is 3. The van der Waals surface area contributed by atoms with Gasteiger partial charge in [-0.15, -0.1) is 0 Å². The van der Waals surface area contributed by atoms with E-state index < -0.39 is 5.97 Å². The smallest absolute Gasteiger partial charge is 0.340 e. The Morgan fingerprint density at radius 1 is 1.60 bits per heavy atom. The van der Waals surface area contributed by atoms with Gasteiger partial charge >= 0.3 is 5.97 Å². The number of likely N-dealkylation sites (tertiary alicyclic amines) is 1. The summed E-state index contributed by atoms with van der Waals surface area (Å²) in [5.74, 6) is 0.0804. The maximum atomic E-state index is 11.6. The Morgan fingerprint density at radius 3 is 3.00 bits per heavy atom. The zero-order chi connectivity index (χ0) is 14.7. The minimum atomic E-state index is -0.496. The Morgan fingerprint density at radius 2 is 2.35 bits per heavy atom. The van der Waals surface area contributed by atoms with Crippen LogP contribution in [0, 0.1) is 0 Å². The average Bonchev–Trinajstić information content (AvgIpc) is 2.44. The molecule has 0 saturated carbocycles. The number of nitrogens with one attached hydrogen (secondary N) is 1. The Labute approximate surface area is 117 Å². The Balaban J connectivity index is 2.14. The molecule has 1 amide bonds. The number of nitrogen functional groups attached to an aromatic ring is 1. The molecule has 0 spiro atoms. The van der Waals surface area contributed by atoms with Gasteiger partial charge < -0.3 is 20.7 Å². The largest absolute Gasteiger partial charge is 0.465 e. The summed E-state index contributed by atoms with van der Waals surface area (Å²) >= 11 is 0. The van der Waals surface area contributed by atoms with E-state index in [-0.39, 0.29) is 23.2 Å². The fourth-order valence-corrected chi connectivity index (χ4v) is 2.20. The van der Waals surface area contributed by atoms with Crippen molar-refractivity contribution >= 4 is 23.4 Å². The summed E-state index contributed by atoms with van der Waals surface area (Å²) in [4.78, 5) is 28.8. The van der Waals surface area contributed by atoms with E-state index >= 15 is 0 Å². The molecule has 108 valence electrons. The van der Waals surface area contributed by atoms with Crippen molar-refractivity contribution in [3.63, 3.8) is 0 Å². The summed E-state index contributed by atoms with van der Waals surface area (Å²) < 4.78 is 4.67. The molecule has 1 unspecified atom stereocenters. The van der Waals surface area contributed by atoms with Crippen molar-refractivity contribution < 1.29 is 14.3 Å². The highest BCUT2D eigenvalue weighted by atomic mass is 16.5. The maximum absolute atomic E-state index is 11.6. The monoisotopic (exact) mass is 278 g/mol. The molecule has 7 nitrogen and oxygen atoms in total. The van der Waals surface area contributed by atoms with Crippen LogP contribution < -0.4 is 11.1 Å². The number of esters is 1. The van der Waals surface area contributed by atoms with Crippen molar-refractivity contribution in [1.82, 2.24) is 9.88 Å². The minimum absolute atomic E-state index is 0.0698. The number of carbonyl (C=O) groups excluding carboxylic acids is 2. The molecule has 0 aliphatic carbocycles. The van der Waals surface area contributed by atoms with E-state index in [0.29, 0.717) is 25.2 Å². The molecule has 0 aromatic carbocycles. The summed E-state index contributed by atoms with van der Waals surface area (Å²) in [6, 6.07) is 1.59. The number of piperidine rings is 1. The van der Waals surface area contributed by atoms with E-state index in [9.17, 15) is 9.59 Å². The predicted octanol–water partition coefficient (Wildman–Crippen LogP) is 0.483. The van der Waals surface area contributed by atoms with Gasteiger partial charge in [0.25, 0.3) is 0 Å². The molecule has 1 aromatic heterocycles. The molecule has 0 radical (unpaired) electrons. The highest BCUT2D eigenvalue weighted by Crippen LogP contribution is 2.23. The highest BCUT2D eigenvalue weighted by Gasteiger charge is 2.24. The van der Waals surface area contributed by atoms with Crippen molar-refractivity contribution in [3.8, 4) is 0 Å². The first-order valence-corrected chi connectivity index (χ1v) is 6.36. The number of amides is 1. The molecule has 0 bridgehead atoms. The van der Waals surface area contributed by atoms with Crippen molar-refractivity contribution in [2.75, 3.05) is 31.8 Å². The lowest BCUT2D eigenvalue weighted by Crippen LogP contribution is -2.43. The van der Waals surface area contributed by atoms with Crippen LogP contribution in [0.3, 0.4) is 0 Å². The summed E-state index contributed by atoms with van der Waals surface area (Å²) in [5.41, 5.74) is 6.48. The van der Waals surface area contributed by atoms with Crippen LogP contribution in [0.4, 0.5) is 11.5 Å². The van der Waals surface area contributed by atoms with Crippen molar-refractivity contribution in [1.29, 1.82) is 0 Å². The van der Waals surface area contributed by atoms with E-state index in [2.05, 4.69) is 15.0 Å². The SMILES string of the molecule is COC(=O)c1ccnc(NC2CCC(=O)N(C)C2)c1N. The van der Waals surface area contributed by atoms with E-state index in [0.717, 1.165) is 0 Å². The molecule has 1 saturated heterocycles. The zero-order valence-corrected chi connectivity index (χ0v) is 11.5. The van der Waals surface area contributed by atoms with Crippen LogP contribution in [0.2, 0.25) is 0 Å². The molecule has 2 rings (SSSR count). The van der Waals surface area contributed by atoms with Gasteiger partial charge in [0.15, 0.2) is 0 Å². The zero-order valence-electron chi connectivity index (χ0n) is 11.5. The molecule has 1 aliphatic heterocycles. The van der Waals surface area contributed by atoms with Crippen LogP contribution in [0.15, 0.2) is 12.3 Å². The lowest BCUT2D eigenvalue weighted by molar-refractivity contribution is -0.132. The van der Waals surface area contributed by atoms with E-state index in [1.165, 1.54) is 19.4 Å². The van der Waals surface area contributed by atoms with Crippen molar-refractivity contribution in [2.45, 2.75) is 18.9 Å². The van der Waals surface area contributed by atoms with E-state index in [4.69, 9.17) is 5.73 Å². The molecule has 20 heavy (non-hydrogen) atoms. The third-order valence-corrected chi connectivity index (χ3v) is 3.36. The lowest BCUT2D eigenvalue weighted by atomic mass is 10.1. The van der Waals surface area contributed by atoms with Gasteiger partial charge in [0.1, 0.15) is 5.82 Å². The van der Waals surface area contributed by atoms with Gasteiger partial charge in [-0.2, -0.15) is 0 Å². The van der Waals surface area contributed by atoms with Crippen LogP contribution in [-0.4, -0.2) is 48.5 Å². The molecule has 1 atom stereocenters. The number of methoxy groups -OCH3 is 1. The first kappa shape index (κ1) is 14.1. The molecule has 2 heterocycles. The molecular formula is C13H18N4O3. The van der Waals surface area contributed by atoms with E-state index in [1.54, 1.807) is 11.9 Å². The van der Waals surface area contributed by atoms with Crippen molar-refractivity contribution in [3.05, 3.63) is 17.8 Å². The van der Waals surface area contributed by atoms with Gasteiger partial charge in [-0.05, 0) is 12.5 Å². The Hall–Kier alpha value is -2.31. The summed E-state index contributed by atoms with van der Waals surface area (Å²) in [6.07, 6.45) is 2.71. The third-order valence-electron chi connectivity index (χ3n) is 3.36. The fourth-order valence-electron chi connectivity index (χ4n) is 2.20. The van der Waals surface area contributed by atoms with Gasteiger partial charge in [-0.3, -0.25) is 4.79 Å². The lowest BCUT2D eigenvalue weighted by Gasteiger charge is -2.30. The molecule has 1 fully saturated rings. The molecular weight excluding hydrogens is 260 g/mol. The van der Waals surface area contributed by atoms with Crippen molar-refractivity contribution in [2.24, 2.45) is 0 Å². The summed E-state index contributed by atoms with van der Waals surface area (Å²) in [5, 5.41) is 3.18. The fraction of sp³-hybridized carbons (Fsp3) is 0.462. The van der Waals surface area contributed by atoms with Gasteiger partial charge in [0.2, 0.25) is 5.91 Å². The molecule has 1 aromatic rings. The number of ether oxygens (including phenoxy) is 1. The average molecular weight is 278 g/mol. The Kier molecular flexibility index (Phi) is 4.07. The standard InChI is InChI=1S/C13H18N4O3/c1-17-7-8(3-4-10(17)18)16-12-11(14)9(5-6-15-12)13(19)20-2/h5-6,8H,3-4,7,14H2,1-2H3,(H,15,16). The first-order valence-electron chi connectivity index (χ1n) is 6.36. The second-order valence-corrected chi connectivity index (χ2v) is 4.77. The number of hydrogen-bond acceptors (Lipinski definition) is 6. The molecule has 3 N–H and O–H groups in total. The number of aromatic nitrogens is 1. The van der Waals surface area contributed by atoms with Gasteiger partial charge in [-0.1, -0.05) is 0 Å². The number of likely N-dealkylation sites (N-methyl/N-ethyl adjacent to an activating group) is 1. The topological polar surface area (TPSA) is 97.5 Å². The number of nitrogens with two attached hydrogens (primary N) is 1. The molecule has 7 heteroatoms. The predicted molar refractivity (Wildman–Crippen MR) is 74.3 cm³/mol. The van der Waals surface area contributed by atoms with Gasteiger partial charge in [0.05, 0.1) is 18.4 Å². The van der Waals surface area contributed by atoms with Crippen LogP contribution in [-0.2, 0) is 9.53 Å². The Bertz CT molecular complexity index is 532. The number of anilines is 2. The minimum Gasteiger partial charge on any atom is -0.465 e. The normalized spacial score (nSPS) is 18.8. The third kappa shape index (κ3) is 2.81. The maximum Gasteiger partial charge on any atom is 0.340 e. The first-order chi connectivity index (χ1) is 9.52. The quantitative estimate of drug-likeness (QED) is 0.781. The molecule has 1 aliphatic rings. The highest BCUT2D eigenvalue weighted by molar-refractivity contribution is 5.97. The number of nitrogens with zero attached hydrogens (tertiary/aromatic N) is 2. The number of hydrogen-bond donors (Lipinski definition) is 2. The van der Waals surface area contributed by atoms with Crippen LogP contribution in [0.1, 0.15) is 23.2 Å². The van der Waals surface area contributed by atoms with Crippen LogP contribution in [0.5, 0.6) is 0 Å².